The van der Waals surface area contributed by atoms with Gasteiger partial charge in [0, 0.05) is 27.6 Å². The van der Waals surface area contributed by atoms with Gasteiger partial charge in [0.05, 0.1) is 15.9 Å². The van der Waals surface area contributed by atoms with Gasteiger partial charge in [-0.15, -0.1) is 11.3 Å². The molecule has 0 fully saturated rings. The number of fused-ring (bicyclic) bond motifs is 9. The molecule has 11 rings (SSSR count). The number of thiazole rings is 1. The molecule has 4 heteroatoms. The lowest BCUT2D eigenvalue weighted by molar-refractivity contribution is 0.659. The van der Waals surface area contributed by atoms with Crippen molar-refractivity contribution in [2.24, 2.45) is 4.99 Å². The Balaban J connectivity index is 1.03. The molecule has 0 saturated carbocycles. The van der Waals surface area contributed by atoms with Crippen molar-refractivity contribution in [2.75, 3.05) is 0 Å². The first-order valence-electron chi connectivity index (χ1n) is 18.6. The van der Waals surface area contributed by atoms with Gasteiger partial charge >= 0.3 is 0 Å². The molecule has 2 aliphatic rings. The van der Waals surface area contributed by atoms with Gasteiger partial charge in [0.15, 0.2) is 0 Å². The zero-order valence-electron chi connectivity index (χ0n) is 30.0. The second-order valence-electron chi connectivity index (χ2n) is 15.1. The largest absolute Gasteiger partial charge is 0.360 e. The predicted octanol–water partition coefficient (Wildman–Crippen LogP) is 12.9. The lowest BCUT2D eigenvalue weighted by Crippen LogP contribution is -2.25. The van der Waals surface area contributed by atoms with Crippen molar-refractivity contribution in [2.45, 2.75) is 25.4 Å². The molecule has 8 aromatic carbocycles. The van der Waals surface area contributed by atoms with E-state index in [-0.39, 0.29) is 11.6 Å². The normalized spacial score (nSPS) is 15.9. The van der Waals surface area contributed by atoms with E-state index >= 15 is 0 Å². The van der Waals surface area contributed by atoms with E-state index < -0.39 is 0 Å². The van der Waals surface area contributed by atoms with Gasteiger partial charge in [-0.1, -0.05) is 141 Å². The maximum absolute atomic E-state index is 5.44. The Labute approximate surface area is 318 Å². The molecule has 0 spiro atoms. The lowest BCUT2D eigenvalue weighted by Gasteiger charge is -2.26. The molecule has 1 aliphatic heterocycles. The summed E-state index contributed by atoms with van der Waals surface area (Å²) in [5.74, 6) is 0. The maximum atomic E-state index is 5.44. The third-order valence-corrected chi connectivity index (χ3v) is 12.6. The van der Waals surface area contributed by atoms with Gasteiger partial charge in [-0.25, -0.2) is 4.98 Å². The smallest absolute Gasteiger partial charge is 0.145 e. The van der Waals surface area contributed by atoms with Gasteiger partial charge in [0.1, 0.15) is 11.2 Å². The second kappa shape index (κ2) is 11.8. The topological polar surface area (TPSA) is 37.3 Å². The van der Waals surface area contributed by atoms with Gasteiger partial charge in [0.25, 0.3) is 0 Å². The number of allylic oxidation sites excluding steroid dienone is 1. The first kappa shape index (κ1) is 31.2. The van der Waals surface area contributed by atoms with Crippen molar-refractivity contribution in [3.63, 3.8) is 0 Å². The predicted molar refractivity (Wildman–Crippen MR) is 228 cm³/mol. The van der Waals surface area contributed by atoms with E-state index in [0.29, 0.717) is 0 Å². The molecule has 1 aliphatic carbocycles. The van der Waals surface area contributed by atoms with Gasteiger partial charge in [-0.2, -0.15) is 0 Å². The molecule has 0 radical (unpaired) electrons. The summed E-state index contributed by atoms with van der Waals surface area (Å²) in [6.45, 7) is 4.71. The third-order valence-electron chi connectivity index (χ3n) is 11.5. The van der Waals surface area contributed by atoms with Crippen LogP contribution >= 0.6 is 11.3 Å². The average Bonchev–Trinajstić information content (AvgIpc) is 3.76. The molecule has 1 N–H and O–H groups in total. The highest BCUT2D eigenvalue weighted by Crippen LogP contribution is 2.50. The van der Waals surface area contributed by atoms with Gasteiger partial charge < -0.3 is 5.32 Å². The van der Waals surface area contributed by atoms with E-state index in [0.717, 1.165) is 44.2 Å². The number of nitrogens with one attached hydrogen (secondary N) is 1. The fraction of sp³-hybridized carbons (Fsp3) is 0.0800. The number of aromatic nitrogens is 1. The fourth-order valence-corrected chi connectivity index (χ4v) is 9.63. The standard InChI is InChI=1S/C50H35N3S/c1-50(2)41-28-36(19-23-39(41)40-26-33-15-9-10-16-34(33)27-42(40)50)44-29-43(30-11-5-3-6-12-30)51-48(52-44)37-20-22-38-35(25-37)18-17-31-21-24-45-47(46(31)38)53-49(54-45)32-13-7-4-8-14-32/h3-29,48,51H,1-2H3. The molecule has 1 aromatic heterocycles. The number of nitrogens with zero attached hydrogens (tertiary/aromatic N) is 2. The molecule has 3 nitrogen and oxygen atoms in total. The van der Waals surface area contributed by atoms with Crippen LogP contribution < -0.4 is 5.32 Å². The summed E-state index contributed by atoms with van der Waals surface area (Å²) < 4.78 is 1.20. The molecule has 1 unspecified atom stereocenters. The number of hydrogen-bond donors (Lipinski definition) is 1. The van der Waals surface area contributed by atoms with Crippen LogP contribution in [0.2, 0.25) is 0 Å². The number of rotatable bonds is 4. The average molecular weight is 710 g/mol. The van der Waals surface area contributed by atoms with Crippen LogP contribution in [0.3, 0.4) is 0 Å². The molecule has 54 heavy (non-hydrogen) atoms. The molecule has 2 heterocycles. The van der Waals surface area contributed by atoms with Crippen molar-refractivity contribution in [1.82, 2.24) is 10.3 Å². The zero-order valence-corrected chi connectivity index (χ0v) is 30.8. The Morgan fingerprint density at radius 2 is 1.28 bits per heavy atom. The van der Waals surface area contributed by atoms with Crippen molar-refractivity contribution in [1.29, 1.82) is 0 Å². The Hall–Kier alpha value is -6.36. The Bertz CT molecular complexity index is 3040. The molecule has 0 saturated heterocycles. The highest BCUT2D eigenvalue weighted by molar-refractivity contribution is 7.21. The van der Waals surface area contributed by atoms with Gasteiger partial charge in [-0.3, -0.25) is 4.99 Å². The highest BCUT2D eigenvalue weighted by atomic mass is 32.1. The molecule has 0 bridgehead atoms. The minimum Gasteiger partial charge on any atom is -0.360 e. The van der Waals surface area contributed by atoms with E-state index in [1.807, 2.05) is 0 Å². The van der Waals surface area contributed by atoms with E-state index in [1.165, 1.54) is 59.3 Å². The first-order valence-corrected chi connectivity index (χ1v) is 19.4. The number of benzene rings is 8. The summed E-state index contributed by atoms with van der Waals surface area (Å²) in [6.07, 6.45) is 1.96. The minimum atomic E-state index is -0.260. The highest BCUT2D eigenvalue weighted by Gasteiger charge is 2.36. The Morgan fingerprint density at radius 1 is 0.574 bits per heavy atom. The quantitative estimate of drug-likeness (QED) is 0.185. The number of hydrogen-bond acceptors (Lipinski definition) is 4. The SMILES string of the molecule is CC1(C)c2cc(C3=NC(c4ccc5c(ccc6ccc7sc(-c8ccccc8)nc7c65)c4)NC(c4ccccc4)=C3)ccc2-c2cc3ccccc3cc21. The van der Waals surface area contributed by atoms with E-state index in [1.54, 1.807) is 11.3 Å². The third kappa shape index (κ3) is 4.87. The molecule has 1 atom stereocenters. The van der Waals surface area contributed by atoms with E-state index in [9.17, 15) is 0 Å². The molecular formula is C50H35N3S. The van der Waals surface area contributed by atoms with Crippen LogP contribution in [0.5, 0.6) is 0 Å². The van der Waals surface area contributed by atoms with Crippen molar-refractivity contribution < 1.29 is 0 Å². The fourth-order valence-electron chi connectivity index (χ4n) is 8.65. The minimum absolute atomic E-state index is 0.130. The van der Waals surface area contributed by atoms with Crippen LogP contribution in [0.25, 0.3) is 69.9 Å². The second-order valence-corrected chi connectivity index (χ2v) is 16.1. The summed E-state index contributed by atoms with van der Waals surface area (Å²) in [7, 11) is 0. The Kier molecular flexibility index (Phi) is 6.83. The summed E-state index contributed by atoms with van der Waals surface area (Å²) in [4.78, 5) is 10.6. The van der Waals surface area contributed by atoms with Crippen LogP contribution in [-0.2, 0) is 5.41 Å². The first-order chi connectivity index (χ1) is 26.5. The molecular weight excluding hydrogens is 675 g/mol. The lowest BCUT2D eigenvalue weighted by atomic mass is 9.81. The maximum Gasteiger partial charge on any atom is 0.145 e. The summed E-state index contributed by atoms with van der Waals surface area (Å²) in [5.41, 5.74) is 12.9. The molecule has 256 valence electrons. The molecule has 9 aromatic rings. The summed E-state index contributed by atoms with van der Waals surface area (Å²) >= 11 is 1.75. The summed E-state index contributed by atoms with van der Waals surface area (Å²) in [5, 5.41) is 12.2. The van der Waals surface area contributed by atoms with Crippen molar-refractivity contribution >= 4 is 65.3 Å². The summed E-state index contributed by atoms with van der Waals surface area (Å²) in [6, 6.07) is 57.2. The van der Waals surface area contributed by atoms with Gasteiger partial charge in [0.2, 0.25) is 0 Å². The molecule has 0 amide bonds. The Morgan fingerprint density at radius 3 is 2.09 bits per heavy atom. The van der Waals surface area contributed by atoms with Crippen LogP contribution in [-0.4, -0.2) is 10.7 Å². The van der Waals surface area contributed by atoms with Crippen LogP contribution in [0.15, 0.2) is 169 Å². The van der Waals surface area contributed by atoms with Crippen molar-refractivity contribution in [3.8, 4) is 21.7 Å². The van der Waals surface area contributed by atoms with Crippen LogP contribution in [0.1, 0.15) is 47.8 Å². The number of aliphatic imine (C=N–C) groups is 1. The monoisotopic (exact) mass is 709 g/mol. The van der Waals surface area contributed by atoms with Crippen molar-refractivity contribution in [3.05, 3.63) is 192 Å². The zero-order chi connectivity index (χ0) is 36.0. The van der Waals surface area contributed by atoms with Crippen LogP contribution in [0, 0.1) is 0 Å². The van der Waals surface area contributed by atoms with E-state index in [2.05, 4.69) is 183 Å². The van der Waals surface area contributed by atoms with Crippen LogP contribution in [0.4, 0.5) is 0 Å². The van der Waals surface area contributed by atoms with E-state index in [4.69, 9.17) is 9.98 Å². The van der Waals surface area contributed by atoms with Gasteiger partial charge in [-0.05, 0) is 96.7 Å².